The first-order valence-corrected chi connectivity index (χ1v) is 11.3. The minimum absolute atomic E-state index is 0.0735. The van der Waals surface area contributed by atoms with Crippen LogP contribution >= 0.6 is 0 Å². The van der Waals surface area contributed by atoms with Gasteiger partial charge in [0.2, 0.25) is 0 Å². The summed E-state index contributed by atoms with van der Waals surface area (Å²) in [5, 5.41) is 0. The first-order valence-electron chi connectivity index (χ1n) is 11.3. The molecule has 0 heterocycles. The molecule has 0 radical (unpaired) electrons. The average Bonchev–Trinajstić information content (AvgIpc) is 2.82. The molecule has 0 bridgehead atoms. The molecule has 0 atom stereocenters. The first-order chi connectivity index (χ1) is 15.6. The Kier molecular flexibility index (Phi) is 8.65. The molecule has 0 amide bonds. The molecular weight excluding hydrogens is 398 g/mol. The van der Waals surface area contributed by atoms with Crippen LogP contribution in [0.5, 0.6) is 0 Å². The van der Waals surface area contributed by atoms with Crippen molar-refractivity contribution in [1.29, 1.82) is 0 Å². The Morgan fingerprint density at radius 1 is 0.562 bits per heavy atom. The molecule has 3 aromatic carbocycles. The van der Waals surface area contributed by atoms with E-state index in [1.807, 2.05) is 31.2 Å². The zero-order chi connectivity index (χ0) is 22.8. The topological polar surface area (TPSA) is 0 Å². The standard InChI is InChI=1S/C30H28F2/c1-3-5-6-8-23-9-11-24(12-10-23)13-14-25-15-17-26(18-16-25)19-20-28-22-21-27(7-4-2)29(31)30(28)32/h9-12,15-18,21-22H,3-8H2,1-2H3. The molecule has 0 aliphatic carbocycles. The monoisotopic (exact) mass is 426 g/mol. The lowest BCUT2D eigenvalue weighted by Crippen LogP contribution is -1.97. The van der Waals surface area contributed by atoms with E-state index >= 15 is 0 Å². The summed E-state index contributed by atoms with van der Waals surface area (Å²) in [6, 6.07) is 19.0. The van der Waals surface area contributed by atoms with Crippen LogP contribution < -0.4 is 0 Å². The molecule has 0 saturated heterocycles. The Labute approximate surface area is 190 Å². The van der Waals surface area contributed by atoms with Crippen LogP contribution in [0.15, 0.2) is 60.7 Å². The molecule has 2 heteroatoms. The van der Waals surface area contributed by atoms with E-state index in [-0.39, 0.29) is 5.56 Å². The molecule has 0 spiro atoms. The van der Waals surface area contributed by atoms with Gasteiger partial charge in [0.1, 0.15) is 0 Å². The SMILES string of the molecule is CCCCCc1ccc(C#Cc2ccc(C#Cc3ccc(CCC)c(F)c3F)cc2)cc1. The summed E-state index contributed by atoms with van der Waals surface area (Å²) in [7, 11) is 0. The van der Waals surface area contributed by atoms with Gasteiger partial charge in [0.05, 0.1) is 5.56 Å². The van der Waals surface area contributed by atoms with Gasteiger partial charge in [-0.3, -0.25) is 0 Å². The smallest absolute Gasteiger partial charge is 0.174 e. The average molecular weight is 427 g/mol. The van der Waals surface area contributed by atoms with Gasteiger partial charge in [0.25, 0.3) is 0 Å². The fourth-order valence-electron chi connectivity index (χ4n) is 3.40. The van der Waals surface area contributed by atoms with Crippen LogP contribution in [0.2, 0.25) is 0 Å². The number of rotatable bonds is 6. The number of unbranched alkanes of at least 4 members (excludes halogenated alkanes) is 2. The molecule has 162 valence electrons. The zero-order valence-electron chi connectivity index (χ0n) is 18.8. The summed E-state index contributed by atoms with van der Waals surface area (Å²) < 4.78 is 28.3. The summed E-state index contributed by atoms with van der Waals surface area (Å²) in [5.74, 6) is 10.3. The molecule has 0 fully saturated rings. The van der Waals surface area contributed by atoms with E-state index in [1.54, 1.807) is 12.1 Å². The lowest BCUT2D eigenvalue weighted by Gasteiger charge is -2.03. The molecule has 32 heavy (non-hydrogen) atoms. The molecule has 3 aromatic rings. The van der Waals surface area contributed by atoms with E-state index in [0.717, 1.165) is 29.5 Å². The highest BCUT2D eigenvalue weighted by molar-refractivity contribution is 5.48. The van der Waals surface area contributed by atoms with Gasteiger partial charge in [-0.05, 0) is 72.9 Å². The normalized spacial score (nSPS) is 10.1. The van der Waals surface area contributed by atoms with Gasteiger partial charge in [-0.15, -0.1) is 0 Å². The highest BCUT2D eigenvalue weighted by Crippen LogP contribution is 2.17. The molecule has 0 nitrogen and oxygen atoms in total. The Morgan fingerprint density at radius 2 is 1.12 bits per heavy atom. The van der Waals surface area contributed by atoms with Crippen molar-refractivity contribution in [3.8, 4) is 23.7 Å². The summed E-state index contributed by atoms with van der Waals surface area (Å²) in [6.07, 6.45) is 6.11. The molecule has 3 rings (SSSR count). The molecule has 0 unspecified atom stereocenters. The minimum atomic E-state index is -0.873. The van der Waals surface area contributed by atoms with Gasteiger partial charge >= 0.3 is 0 Å². The number of hydrogen-bond donors (Lipinski definition) is 0. The second kappa shape index (κ2) is 11.9. The summed E-state index contributed by atoms with van der Waals surface area (Å²) in [6.45, 7) is 4.15. The van der Waals surface area contributed by atoms with Crippen LogP contribution in [0.4, 0.5) is 8.78 Å². The quantitative estimate of drug-likeness (QED) is 0.284. The third-order valence-electron chi connectivity index (χ3n) is 5.28. The fraction of sp³-hybridized carbons (Fsp3) is 0.267. The van der Waals surface area contributed by atoms with Crippen molar-refractivity contribution in [3.05, 3.63) is 106 Å². The first kappa shape index (κ1) is 23.3. The third kappa shape index (κ3) is 6.57. The van der Waals surface area contributed by atoms with Gasteiger partial charge in [0.15, 0.2) is 11.6 Å². The van der Waals surface area contributed by atoms with E-state index in [2.05, 4.69) is 54.9 Å². The van der Waals surface area contributed by atoms with Crippen LogP contribution in [0.1, 0.15) is 72.9 Å². The molecule has 0 aromatic heterocycles. The number of hydrogen-bond acceptors (Lipinski definition) is 0. The van der Waals surface area contributed by atoms with Gasteiger partial charge < -0.3 is 0 Å². The second-order valence-corrected chi connectivity index (χ2v) is 7.88. The maximum Gasteiger partial charge on any atom is 0.174 e. The summed E-state index contributed by atoms with van der Waals surface area (Å²) >= 11 is 0. The molecule has 0 N–H and O–H groups in total. The van der Waals surface area contributed by atoms with Gasteiger partial charge in [-0.1, -0.05) is 75.0 Å². The highest BCUT2D eigenvalue weighted by atomic mass is 19.2. The van der Waals surface area contributed by atoms with E-state index in [9.17, 15) is 8.78 Å². The van der Waals surface area contributed by atoms with Gasteiger partial charge in [0, 0.05) is 16.7 Å². The third-order valence-corrected chi connectivity index (χ3v) is 5.28. The van der Waals surface area contributed by atoms with Crippen molar-refractivity contribution < 1.29 is 8.78 Å². The molecule has 0 saturated carbocycles. The van der Waals surface area contributed by atoms with Crippen LogP contribution in [-0.2, 0) is 12.8 Å². The number of halogens is 2. The van der Waals surface area contributed by atoms with E-state index in [1.165, 1.54) is 24.8 Å². The number of benzene rings is 3. The largest absolute Gasteiger partial charge is 0.203 e. The van der Waals surface area contributed by atoms with Crippen LogP contribution in [0, 0.1) is 35.3 Å². The highest BCUT2D eigenvalue weighted by Gasteiger charge is 2.11. The van der Waals surface area contributed by atoms with Crippen LogP contribution in [0.25, 0.3) is 0 Å². The summed E-state index contributed by atoms with van der Waals surface area (Å²) in [4.78, 5) is 0. The Hall–Kier alpha value is -3.36. The fourth-order valence-corrected chi connectivity index (χ4v) is 3.40. The summed E-state index contributed by atoms with van der Waals surface area (Å²) in [5.41, 5.74) is 4.41. The Balaban J connectivity index is 1.65. The minimum Gasteiger partial charge on any atom is -0.203 e. The Morgan fingerprint density at radius 3 is 1.69 bits per heavy atom. The van der Waals surface area contributed by atoms with Gasteiger partial charge in [-0.2, -0.15) is 0 Å². The van der Waals surface area contributed by atoms with Crippen molar-refractivity contribution in [3.63, 3.8) is 0 Å². The van der Waals surface area contributed by atoms with Crippen molar-refractivity contribution in [1.82, 2.24) is 0 Å². The predicted molar refractivity (Wildman–Crippen MR) is 128 cm³/mol. The zero-order valence-corrected chi connectivity index (χ0v) is 18.8. The maximum atomic E-state index is 14.2. The molecule has 0 aliphatic rings. The van der Waals surface area contributed by atoms with Crippen molar-refractivity contribution in [2.24, 2.45) is 0 Å². The predicted octanol–water partition coefficient (Wildman–Crippen LogP) is 7.45. The van der Waals surface area contributed by atoms with Gasteiger partial charge in [-0.25, -0.2) is 8.78 Å². The van der Waals surface area contributed by atoms with Crippen LogP contribution in [0.3, 0.4) is 0 Å². The van der Waals surface area contributed by atoms with Crippen LogP contribution in [-0.4, -0.2) is 0 Å². The van der Waals surface area contributed by atoms with Crippen molar-refractivity contribution in [2.75, 3.05) is 0 Å². The lowest BCUT2D eigenvalue weighted by molar-refractivity contribution is 0.496. The number of aryl methyl sites for hydroxylation is 2. The second-order valence-electron chi connectivity index (χ2n) is 7.88. The van der Waals surface area contributed by atoms with E-state index < -0.39 is 11.6 Å². The molecular formula is C30H28F2. The lowest BCUT2D eigenvalue weighted by atomic mass is 10.0. The molecule has 0 aliphatic heterocycles. The van der Waals surface area contributed by atoms with Crippen molar-refractivity contribution >= 4 is 0 Å². The van der Waals surface area contributed by atoms with Crippen molar-refractivity contribution in [2.45, 2.75) is 52.4 Å². The van der Waals surface area contributed by atoms with E-state index in [4.69, 9.17) is 0 Å². The van der Waals surface area contributed by atoms with E-state index in [0.29, 0.717) is 12.0 Å². The maximum absolute atomic E-state index is 14.2. The Bertz CT molecular complexity index is 1150.